The van der Waals surface area contributed by atoms with Gasteiger partial charge in [-0.15, -0.1) is 5.10 Å². The number of benzene rings is 1. The van der Waals surface area contributed by atoms with E-state index in [4.69, 9.17) is 5.11 Å². The molecular formula is C8H7N3O2. The van der Waals surface area contributed by atoms with Crippen LogP contribution in [0.4, 0.5) is 0 Å². The van der Waals surface area contributed by atoms with Crippen LogP contribution < -0.4 is 0 Å². The number of carboxylic acid groups (broad SMARTS) is 1. The summed E-state index contributed by atoms with van der Waals surface area (Å²) in [5, 5.41) is 18.6. The number of hydrogen-bond acceptors (Lipinski definition) is 3. The Morgan fingerprint density at radius 3 is 3.15 bits per heavy atom. The van der Waals surface area contributed by atoms with Gasteiger partial charge in [0.2, 0.25) is 0 Å². The lowest BCUT2D eigenvalue weighted by Gasteiger charge is -1.94. The van der Waals surface area contributed by atoms with E-state index in [2.05, 4.69) is 15.4 Å². The summed E-state index contributed by atoms with van der Waals surface area (Å²) in [5.41, 5.74) is 2.25. The smallest absolute Gasteiger partial charge is 0.307 e. The van der Waals surface area contributed by atoms with Crippen molar-refractivity contribution in [3.63, 3.8) is 0 Å². The number of rotatable bonds is 2. The summed E-state index contributed by atoms with van der Waals surface area (Å²) in [6.07, 6.45) is 0.0228. The minimum Gasteiger partial charge on any atom is -0.481 e. The topological polar surface area (TPSA) is 78.9 Å². The Bertz CT molecular complexity index is 449. The molecule has 0 aliphatic carbocycles. The van der Waals surface area contributed by atoms with Gasteiger partial charge in [0.25, 0.3) is 0 Å². The molecule has 2 rings (SSSR count). The number of nitrogens with zero attached hydrogens (tertiary/aromatic N) is 2. The first-order chi connectivity index (χ1) is 6.25. The first kappa shape index (κ1) is 7.72. The maximum atomic E-state index is 10.4. The lowest BCUT2D eigenvalue weighted by atomic mass is 10.1. The lowest BCUT2D eigenvalue weighted by molar-refractivity contribution is -0.136. The predicted octanol–water partition coefficient (Wildman–Crippen LogP) is 0.585. The highest BCUT2D eigenvalue weighted by Gasteiger charge is 2.02. The fourth-order valence-electron chi connectivity index (χ4n) is 1.18. The lowest BCUT2D eigenvalue weighted by Crippen LogP contribution is -1.99. The molecule has 0 radical (unpaired) electrons. The van der Waals surface area contributed by atoms with Crippen LogP contribution >= 0.6 is 0 Å². The molecule has 1 aromatic carbocycles. The van der Waals surface area contributed by atoms with Crippen LogP contribution in [0.25, 0.3) is 11.0 Å². The van der Waals surface area contributed by atoms with E-state index in [9.17, 15) is 4.79 Å². The van der Waals surface area contributed by atoms with Crippen molar-refractivity contribution in [3.8, 4) is 0 Å². The quantitative estimate of drug-likeness (QED) is 0.703. The highest BCUT2D eigenvalue weighted by atomic mass is 16.4. The SMILES string of the molecule is O=C(O)Cc1ccc2nn[nH]c2c1. The minimum atomic E-state index is -0.841. The van der Waals surface area contributed by atoms with Crippen LogP contribution in [-0.2, 0) is 11.2 Å². The van der Waals surface area contributed by atoms with Crippen molar-refractivity contribution in [2.75, 3.05) is 0 Å². The van der Waals surface area contributed by atoms with Crippen molar-refractivity contribution in [3.05, 3.63) is 23.8 Å². The normalized spacial score (nSPS) is 10.5. The Labute approximate surface area is 73.4 Å². The van der Waals surface area contributed by atoms with E-state index in [1.807, 2.05) is 0 Å². The molecule has 0 aliphatic heterocycles. The third-order valence-corrected chi connectivity index (χ3v) is 1.74. The minimum absolute atomic E-state index is 0.0228. The van der Waals surface area contributed by atoms with Gasteiger partial charge < -0.3 is 5.11 Å². The van der Waals surface area contributed by atoms with Crippen LogP contribution in [0.1, 0.15) is 5.56 Å². The number of carbonyl (C=O) groups is 1. The third-order valence-electron chi connectivity index (χ3n) is 1.74. The molecule has 66 valence electrons. The Morgan fingerprint density at radius 1 is 1.54 bits per heavy atom. The first-order valence-corrected chi connectivity index (χ1v) is 3.77. The van der Waals surface area contributed by atoms with Gasteiger partial charge in [0, 0.05) is 0 Å². The number of aromatic nitrogens is 3. The fraction of sp³-hybridized carbons (Fsp3) is 0.125. The van der Waals surface area contributed by atoms with Crippen LogP contribution in [0.15, 0.2) is 18.2 Å². The average molecular weight is 177 g/mol. The van der Waals surface area contributed by atoms with Crippen molar-refractivity contribution in [2.45, 2.75) is 6.42 Å². The number of fused-ring (bicyclic) bond motifs is 1. The number of H-pyrrole nitrogens is 1. The standard InChI is InChI=1S/C8H7N3O2/c12-8(13)4-5-1-2-6-7(3-5)10-11-9-6/h1-3H,4H2,(H,12,13)(H,9,10,11). The molecular weight excluding hydrogens is 170 g/mol. The largest absolute Gasteiger partial charge is 0.481 e. The fourth-order valence-corrected chi connectivity index (χ4v) is 1.18. The Morgan fingerprint density at radius 2 is 2.38 bits per heavy atom. The second-order valence-electron chi connectivity index (χ2n) is 2.73. The monoisotopic (exact) mass is 177 g/mol. The summed E-state index contributed by atoms with van der Waals surface area (Å²) in [6, 6.07) is 5.22. The summed E-state index contributed by atoms with van der Waals surface area (Å²) in [5.74, 6) is -0.841. The predicted molar refractivity (Wildman–Crippen MR) is 45.2 cm³/mol. The molecule has 5 nitrogen and oxygen atoms in total. The van der Waals surface area contributed by atoms with Crippen LogP contribution in [-0.4, -0.2) is 26.5 Å². The van der Waals surface area contributed by atoms with E-state index in [1.54, 1.807) is 18.2 Å². The van der Waals surface area contributed by atoms with Crippen molar-refractivity contribution < 1.29 is 9.90 Å². The second-order valence-corrected chi connectivity index (χ2v) is 2.73. The van der Waals surface area contributed by atoms with Crippen molar-refractivity contribution in [2.24, 2.45) is 0 Å². The summed E-state index contributed by atoms with van der Waals surface area (Å²) in [7, 11) is 0. The third kappa shape index (κ3) is 1.48. The number of aromatic amines is 1. The number of carboxylic acids is 1. The molecule has 13 heavy (non-hydrogen) atoms. The Hall–Kier alpha value is -1.91. The van der Waals surface area contributed by atoms with Gasteiger partial charge in [-0.05, 0) is 17.7 Å². The van der Waals surface area contributed by atoms with Gasteiger partial charge in [-0.25, -0.2) is 0 Å². The molecule has 0 unspecified atom stereocenters. The zero-order valence-electron chi connectivity index (χ0n) is 6.69. The zero-order chi connectivity index (χ0) is 9.26. The molecule has 2 aromatic rings. The molecule has 1 aromatic heterocycles. The van der Waals surface area contributed by atoms with Crippen molar-refractivity contribution >= 4 is 17.0 Å². The maximum Gasteiger partial charge on any atom is 0.307 e. The van der Waals surface area contributed by atoms with E-state index < -0.39 is 5.97 Å². The molecule has 0 bridgehead atoms. The molecule has 0 aliphatic rings. The highest BCUT2D eigenvalue weighted by Crippen LogP contribution is 2.10. The number of nitrogens with one attached hydrogen (secondary N) is 1. The molecule has 2 N–H and O–H groups in total. The summed E-state index contributed by atoms with van der Waals surface area (Å²) < 4.78 is 0. The van der Waals surface area contributed by atoms with Crippen molar-refractivity contribution in [1.82, 2.24) is 15.4 Å². The molecule has 0 fully saturated rings. The number of aliphatic carboxylic acids is 1. The molecule has 0 spiro atoms. The van der Waals surface area contributed by atoms with Gasteiger partial charge in [0.15, 0.2) is 0 Å². The van der Waals surface area contributed by atoms with E-state index in [0.717, 1.165) is 16.6 Å². The van der Waals surface area contributed by atoms with E-state index in [-0.39, 0.29) is 6.42 Å². The van der Waals surface area contributed by atoms with E-state index >= 15 is 0 Å². The molecule has 0 saturated heterocycles. The summed E-state index contributed by atoms with van der Waals surface area (Å²) in [4.78, 5) is 10.4. The van der Waals surface area contributed by atoms with Gasteiger partial charge in [0.05, 0.1) is 11.9 Å². The van der Waals surface area contributed by atoms with Crippen molar-refractivity contribution in [1.29, 1.82) is 0 Å². The summed E-state index contributed by atoms with van der Waals surface area (Å²) in [6.45, 7) is 0. The number of hydrogen-bond donors (Lipinski definition) is 2. The molecule has 5 heteroatoms. The second kappa shape index (κ2) is 2.85. The van der Waals surface area contributed by atoms with Crippen LogP contribution in [0, 0.1) is 0 Å². The van der Waals surface area contributed by atoms with Gasteiger partial charge in [-0.2, -0.15) is 0 Å². The van der Waals surface area contributed by atoms with Gasteiger partial charge in [-0.1, -0.05) is 11.3 Å². The first-order valence-electron chi connectivity index (χ1n) is 3.77. The van der Waals surface area contributed by atoms with E-state index in [0.29, 0.717) is 0 Å². The van der Waals surface area contributed by atoms with E-state index in [1.165, 1.54) is 0 Å². The molecule has 0 amide bonds. The summed E-state index contributed by atoms with van der Waals surface area (Å²) >= 11 is 0. The van der Waals surface area contributed by atoms with Gasteiger partial charge in [0.1, 0.15) is 5.52 Å². The molecule has 0 saturated carbocycles. The zero-order valence-corrected chi connectivity index (χ0v) is 6.69. The Kier molecular flexibility index (Phi) is 1.70. The molecule has 1 heterocycles. The average Bonchev–Trinajstić information content (AvgIpc) is 2.49. The van der Waals surface area contributed by atoms with Crippen LogP contribution in [0.2, 0.25) is 0 Å². The highest BCUT2D eigenvalue weighted by molar-refractivity contribution is 5.77. The van der Waals surface area contributed by atoms with Gasteiger partial charge in [-0.3, -0.25) is 9.89 Å². The van der Waals surface area contributed by atoms with Gasteiger partial charge >= 0.3 is 5.97 Å². The van der Waals surface area contributed by atoms with Crippen LogP contribution in [0.5, 0.6) is 0 Å². The molecule has 0 atom stereocenters. The Balaban J connectivity index is 2.42. The van der Waals surface area contributed by atoms with Crippen LogP contribution in [0.3, 0.4) is 0 Å². The maximum absolute atomic E-state index is 10.4.